The van der Waals surface area contributed by atoms with E-state index in [1.165, 1.54) is 0 Å². The standard InChI is InChI=1S/C16H18N2O/c1-10-5-6-11-9-12(7-8-15(11)18-10)16(19)13-3-2-4-14(13)17/h5-9,13-14H,2-4,17H2,1H3. The molecule has 3 rings (SSSR count). The summed E-state index contributed by atoms with van der Waals surface area (Å²) < 4.78 is 0. The van der Waals surface area contributed by atoms with Gasteiger partial charge in [-0.25, -0.2) is 0 Å². The SMILES string of the molecule is Cc1ccc2cc(C(=O)C3CCCC3N)ccc2n1. The Morgan fingerprint density at radius 2 is 2.11 bits per heavy atom. The van der Waals surface area contributed by atoms with Crippen LogP contribution in [0.5, 0.6) is 0 Å². The number of hydrogen-bond donors (Lipinski definition) is 1. The number of pyridine rings is 1. The van der Waals surface area contributed by atoms with E-state index in [1.807, 2.05) is 37.3 Å². The molecule has 0 saturated heterocycles. The second-order valence-electron chi connectivity index (χ2n) is 5.43. The third-order valence-corrected chi connectivity index (χ3v) is 4.02. The smallest absolute Gasteiger partial charge is 0.167 e. The Balaban J connectivity index is 1.97. The third-order valence-electron chi connectivity index (χ3n) is 4.02. The molecule has 98 valence electrons. The Morgan fingerprint density at radius 3 is 2.84 bits per heavy atom. The van der Waals surface area contributed by atoms with Crippen LogP contribution in [0.4, 0.5) is 0 Å². The third kappa shape index (κ3) is 2.26. The van der Waals surface area contributed by atoms with E-state index in [0.29, 0.717) is 0 Å². The number of nitrogens with two attached hydrogens (primary N) is 1. The van der Waals surface area contributed by atoms with Crippen molar-refractivity contribution in [1.29, 1.82) is 0 Å². The fourth-order valence-electron chi connectivity index (χ4n) is 2.91. The predicted octanol–water partition coefficient (Wildman–Crippen LogP) is 2.85. The maximum atomic E-state index is 12.5. The van der Waals surface area contributed by atoms with Gasteiger partial charge in [-0.15, -0.1) is 0 Å². The van der Waals surface area contributed by atoms with Crippen molar-refractivity contribution in [2.45, 2.75) is 32.2 Å². The molecule has 0 bridgehead atoms. The molecular formula is C16H18N2O. The zero-order valence-electron chi connectivity index (χ0n) is 11.1. The molecule has 1 heterocycles. The van der Waals surface area contributed by atoms with Crippen molar-refractivity contribution in [2.24, 2.45) is 11.7 Å². The zero-order valence-corrected chi connectivity index (χ0v) is 11.1. The first kappa shape index (κ1) is 12.3. The second kappa shape index (κ2) is 4.74. The van der Waals surface area contributed by atoms with E-state index >= 15 is 0 Å². The minimum absolute atomic E-state index is 0.00384. The van der Waals surface area contributed by atoms with Crippen LogP contribution in [-0.2, 0) is 0 Å². The maximum absolute atomic E-state index is 12.5. The highest BCUT2D eigenvalue weighted by Gasteiger charge is 2.30. The monoisotopic (exact) mass is 254 g/mol. The minimum Gasteiger partial charge on any atom is -0.327 e. The number of benzene rings is 1. The van der Waals surface area contributed by atoms with Crippen LogP contribution in [0.25, 0.3) is 10.9 Å². The van der Waals surface area contributed by atoms with Gasteiger partial charge >= 0.3 is 0 Å². The predicted molar refractivity (Wildman–Crippen MR) is 76.1 cm³/mol. The molecule has 0 amide bonds. The Labute approximate surface area is 112 Å². The van der Waals surface area contributed by atoms with Crippen LogP contribution in [-0.4, -0.2) is 16.8 Å². The van der Waals surface area contributed by atoms with Crippen molar-refractivity contribution in [3.63, 3.8) is 0 Å². The molecule has 2 atom stereocenters. The van der Waals surface area contributed by atoms with Crippen LogP contribution < -0.4 is 5.73 Å². The van der Waals surface area contributed by atoms with Crippen LogP contribution in [0.15, 0.2) is 30.3 Å². The van der Waals surface area contributed by atoms with Gasteiger partial charge < -0.3 is 5.73 Å². The summed E-state index contributed by atoms with van der Waals surface area (Å²) in [6.07, 6.45) is 2.95. The normalized spacial score (nSPS) is 22.8. The molecule has 2 unspecified atom stereocenters. The van der Waals surface area contributed by atoms with Crippen molar-refractivity contribution < 1.29 is 4.79 Å². The highest BCUT2D eigenvalue weighted by Crippen LogP contribution is 2.28. The van der Waals surface area contributed by atoms with Crippen molar-refractivity contribution >= 4 is 16.7 Å². The van der Waals surface area contributed by atoms with Crippen LogP contribution in [0.1, 0.15) is 35.3 Å². The van der Waals surface area contributed by atoms with Crippen LogP contribution in [0.3, 0.4) is 0 Å². The van der Waals surface area contributed by atoms with Crippen molar-refractivity contribution in [2.75, 3.05) is 0 Å². The Bertz CT molecular complexity index is 636. The van der Waals surface area contributed by atoms with Gasteiger partial charge in [-0.05, 0) is 44.0 Å². The quantitative estimate of drug-likeness (QED) is 0.838. The average molecular weight is 254 g/mol. The van der Waals surface area contributed by atoms with E-state index in [4.69, 9.17) is 5.73 Å². The molecule has 1 fully saturated rings. The number of hydrogen-bond acceptors (Lipinski definition) is 3. The van der Waals surface area contributed by atoms with Gasteiger partial charge in [-0.1, -0.05) is 12.5 Å². The topological polar surface area (TPSA) is 56.0 Å². The van der Waals surface area contributed by atoms with Crippen molar-refractivity contribution in [3.8, 4) is 0 Å². The van der Waals surface area contributed by atoms with Crippen molar-refractivity contribution in [3.05, 3.63) is 41.6 Å². The lowest BCUT2D eigenvalue weighted by molar-refractivity contribution is 0.0913. The first-order valence-corrected chi connectivity index (χ1v) is 6.82. The number of carbonyl (C=O) groups is 1. The maximum Gasteiger partial charge on any atom is 0.167 e. The minimum atomic E-state index is -0.00384. The van der Waals surface area contributed by atoms with E-state index in [9.17, 15) is 4.79 Å². The summed E-state index contributed by atoms with van der Waals surface area (Å²) in [4.78, 5) is 16.9. The lowest BCUT2D eigenvalue weighted by Crippen LogP contribution is -2.30. The fourth-order valence-corrected chi connectivity index (χ4v) is 2.91. The summed E-state index contributed by atoms with van der Waals surface area (Å²) in [5.74, 6) is 0.184. The summed E-state index contributed by atoms with van der Waals surface area (Å²) in [6, 6.07) is 9.76. The summed E-state index contributed by atoms with van der Waals surface area (Å²) in [5.41, 5.74) is 8.71. The largest absolute Gasteiger partial charge is 0.327 e. The number of rotatable bonds is 2. The van der Waals surface area contributed by atoms with Gasteiger partial charge in [0.2, 0.25) is 0 Å². The highest BCUT2D eigenvalue weighted by atomic mass is 16.1. The number of aryl methyl sites for hydroxylation is 1. The Morgan fingerprint density at radius 1 is 1.26 bits per heavy atom. The molecule has 0 spiro atoms. The first-order chi connectivity index (χ1) is 9.15. The molecular weight excluding hydrogens is 236 g/mol. The lowest BCUT2D eigenvalue weighted by atomic mass is 9.93. The molecule has 0 radical (unpaired) electrons. The second-order valence-corrected chi connectivity index (χ2v) is 5.43. The van der Waals surface area contributed by atoms with Gasteiger partial charge in [0.15, 0.2) is 5.78 Å². The molecule has 1 aromatic heterocycles. The summed E-state index contributed by atoms with van der Waals surface area (Å²) in [7, 11) is 0. The molecule has 3 nitrogen and oxygen atoms in total. The summed E-state index contributed by atoms with van der Waals surface area (Å²) >= 11 is 0. The molecule has 3 heteroatoms. The van der Waals surface area contributed by atoms with E-state index in [0.717, 1.165) is 41.4 Å². The Kier molecular flexibility index (Phi) is 3.07. The highest BCUT2D eigenvalue weighted by molar-refractivity contribution is 6.01. The average Bonchev–Trinajstić information content (AvgIpc) is 2.83. The molecule has 1 aliphatic carbocycles. The molecule has 2 aromatic rings. The number of nitrogens with zero attached hydrogens (tertiary/aromatic N) is 1. The van der Waals surface area contributed by atoms with Crippen LogP contribution >= 0.6 is 0 Å². The van der Waals surface area contributed by atoms with E-state index in [1.54, 1.807) is 0 Å². The fraction of sp³-hybridized carbons (Fsp3) is 0.375. The summed E-state index contributed by atoms with van der Waals surface area (Å²) in [5, 5.41) is 1.02. The van der Waals surface area contributed by atoms with Gasteiger partial charge in [0.1, 0.15) is 0 Å². The first-order valence-electron chi connectivity index (χ1n) is 6.82. The molecule has 1 saturated carbocycles. The number of carbonyl (C=O) groups excluding carboxylic acids is 1. The molecule has 1 aromatic carbocycles. The van der Waals surface area contributed by atoms with Gasteiger partial charge in [0.25, 0.3) is 0 Å². The van der Waals surface area contributed by atoms with E-state index in [-0.39, 0.29) is 17.7 Å². The zero-order chi connectivity index (χ0) is 13.4. The van der Waals surface area contributed by atoms with E-state index in [2.05, 4.69) is 4.98 Å². The number of fused-ring (bicyclic) bond motifs is 1. The molecule has 0 aliphatic heterocycles. The molecule has 2 N–H and O–H groups in total. The van der Waals surface area contributed by atoms with Crippen LogP contribution in [0, 0.1) is 12.8 Å². The number of aromatic nitrogens is 1. The number of ketones is 1. The van der Waals surface area contributed by atoms with Gasteiger partial charge in [-0.2, -0.15) is 0 Å². The van der Waals surface area contributed by atoms with Crippen LogP contribution in [0.2, 0.25) is 0 Å². The van der Waals surface area contributed by atoms with Gasteiger partial charge in [0.05, 0.1) is 5.52 Å². The number of Topliss-reactive ketones (excluding diaryl/α,β-unsaturated/α-hetero) is 1. The summed E-state index contributed by atoms with van der Waals surface area (Å²) in [6.45, 7) is 1.97. The molecule has 1 aliphatic rings. The van der Waals surface area contributed by atoms with E-state index < -0.39 is 0 Å². The Hall–Kier alpha value is -1.74. The van der Waals surface area contributed by atoms with Gasteiger partial charge in [-0.3, -0.25) is 9.78 Å². The van der Waals surface area contributed by atoms with Crippen molar-refractivity contribution in [1.82, 2.24) is 4.98 Å². The molecule has 19 heavy (non-hydrogen) atoms. The van der Waals surface area contributed by atoms with Gasteiger partial charge in [0, 0.05) is 28.6 Å². The lowest BCUT2D eigenvalue weighted by Gasteiger charge is -2.14.